The van der Waals surface area contributed by atoms with E-state index in [2.05, 4.69) is 19.2 Å². The molecule has 3 nitrogen and oxygen atoms in total. The maximum Gasteiger partial charge on any atom is 0.232 e. The second kappa shape index (κ2) is 4.15. The molecule has 0 aliphatic heterocycles. The second-order valence-electron chi connectivity index (χ2n) is 5.07. The van der Waals surface area contributed by atoms with Crippen molar-refractivity contribution in [2.75, 3.05) is 11.9 Å². The fourth-order valence-corrected chi connectivity index (χ4v) is 1.95. The molecule has 1 fully saturated rings. The summed E-state index contributed by atoms with van der Waals surface area (Å²) in [5, 5.41) is 12.1. The number of benzene rings is 1. The quantitative estimate of drug-likeness (QED) is 0.841. The van der Waals surface area contributed by atoms with Crippen LogP contribution in [0.15, 0.2) is 12.1 Å². The topological polar surface area (TPSA) is 49.3 Å². The molecule has 0 unspecified atom stereocenters. The van der Waals surface area contributed by atoms with Crippen LogP contribution in [0.1, 0.15) is 29.5 Å². The van der Waals surface area contributed by atoms with Gasteiger partial charge in [-0.3, -0.25) is 4.79 Å². The summed E-state index contributed by atoms with van der Waals surface area (Å²) in [7, 11) is 0. The smallest absolute Gasteiger partial charge is 0.232 e. The predicted octanol–water partition coefficient (Wildman–Crippen LogP) is 2.32. The zero-order valence-electron chi connectivity index (χ0n) is 10.6. The summed E-state index contributed by atoms with van der Waals surface area (Å²) in [6, 6.07) is 3.94. The maximum absolute atomic E-state index is 12.0. The molecule has 2 rings (SSSR count). The lowest BCUT2D eigenvalue weighted by molar-refractivity contribution is -0.122. The van der Waals surface area contributed by atoms with E-state index in [4.69, 9.17) is 0 Å². The number of amides is 1. The Bertz CT molecular complexity index is 462. The van der Waals surface area contributed by atoms with Gasteiger partial charge in [-0.05, 0) is 56.4 Å². The number of nitrogens with one attached hydrogen (secondary N) is 1. The number of anilines is 1. The van der Waals surface area contributed by atoms with Gasteiger partial charge in [-0.2, -0.15) is 0 Å². The monoisotopic (exact) mass is 233 g/mol. The molecular weight excluding hydrogens is 214 g/mol. The summed E-state index contributed by atoms with van der Waals surface area (Å²) in [6.45, 7) is 6.07. The van der Waals surface area contributed by atoms with E-state index in [-0.39, 0.29) is 12.5 Å². The molecule has 1 saturated carbocycles. The Labute approximate surface area is 102 Å². The molecule has 1 amide bonds. The Morgan fingerprint density at radius 2 is 1.94 bits per heavy atom. The van der Waals surface area contributed by atoms with E-state index in [1.807, 2.05) is 19.1 Å². The van der Waals surface area contributed by atoms with Gasteiger partial charge in [0.15, 0.2) is 0 Å². The van der Waals surface area contributed by atoms with Gasteiger partial charge in [0, 0.05) is 5.69 Å². The number of rotatable bonds is 3. The van der Waals surface area contributed by atoms with Crippen molar-refractivity contribution in [3.63, 3.8) is 0 Å². The van der Waals surface area contributed by atoms with E-state index < -0.39 is 5.41 Å². The van der Waals surface area contributed by atoms with E-state index >= 15 is 0 Å². The second-order valence-corrected chi connectivity index (χ2v) is 5.07. The SMILES string of the molecule is Cc1ccc(NC(=O)C2(CO)CC2)c(C)c1C. The molecule has 1 aromatic rings. The molecule has 1 aliphatic carbocycles. The Balaban J connectivity index is 2.20. The normalized spacial score (nSPS) is 16.7. The number of aliphatic hydroxyl groups excluding tert-OH is 1. The predicted molar refractivity (Wildman–Crippen MR) is 68.0 cm³/mol. The number of aliphatic hydroxyl groups is 1. The van der Waals surface area contributed by atoms with E-state index in [0.29, 0.717) is 0 Å². The van der Waals surface area contributed by atoms with Crippen LogP contribution in [-0.4, -0.2) is 17.6 Å². The van der Waals surface area contributed by atoms with Gasteiger partial charge >= 0.3 is 0 Å². The summed E-state index contributed by atoms with van der Waals surface area (Å²) in [4.78, 5) is 12.0. The molecule has 0 spiro atoms. The van der Waals surface area contributed by atoms with Crippen LogP contribution in [0.25, 0.3) is 0 Å². The van der Waals surface area contributed by atoms with Crippen LogP contribution in [0, 0.1) is 26.2 Å². The van der Waals surface area contributed by atoms with Gasteiger partial charge in [-0.25, -0.2) is 0 Å². The zero-order valence-corrected chi connectivity index (χ0v) is 10.6. The van der Waals surface area contributed by atoms with Crippen molar-refractivity contribution in [3.05, 3.63) is 28.8 Å². The third kappa shape index (κ3) is 2.07. The van der Waals surface area contributed by atoms with Crippen molar-refractivity contribution >= 4 is 11.6 Å². The van der Waals surface area contributed by atoms with Crippen LogP contribution in [0.3, 0.4) is 0 Å². The first-order chi connectivity index (χ1) is 8.00. The van der Waals surface area contributed by atoms with Crippen molar-refractivity contribution < 1.29 is 9.90 Å². The minimum atomic E-state index is -0.509. The highest BCUT2D eigenvalue weighted by Crippen LogP contribution is 2.46. The first-order valence-electron chi connectivity index (χ1n) is 5.99. The van der Waals surface area contributed by atoms with Gasteiger partial charge in [0.1, 0.15) is 0 Å². The zero-order chi connectivity index (χ0) is 12.6. The lowest BCUT2D eigenvalue weighted by Gasteiger charge is -2.16. The largest absolute Gasteiger partial charge is 0.395 e. The minimum Gasteiger partial charge on any atom is -0.395 e. The van der Waals surface area contributed by atoms with E-state index in [1.165, 1.54) is 11.1 Å². The fourth-order valence-electron chi connectivity index (χ4n) is 1.95. The first kappa shape index (κ1) is 12.1. The van der Waals surface area contributed by atoms with Gasteiger partial charge in [-0.15, -0.1) is 0 Å². The summed E-state index contributed by atoms with van der Waals surface area (Å²) < 4.78 is 0. The van der Waals surface area contributed by atoms with Crippen LogP contribution in [0.5, 0.6) is 0 Å². The highest BCUT2D eigenvalue weighted by atomic mass is 16.3. The lowest BCUT2D eigenvalue weighted by atomic mass is 10.0. The van der Waals surface area contributed by atoms with Crippen LogP contribution in [0.2, 0.25) is 0 Å². The number of carbonyl (C=O) groups excluding carboxylic acids is 1. The van der Waals surface area contributed by atoms with Gasteiger partial charge in [0.2, 0.25) is 5.91 Å². The van der Waals surface area contributed by atoms with Gasteiger partial charge in [0.25, 0.3) is 0 Å². The summed E-state index contributed by atoms with van der Waals surface area (Å²) in [5.74, 6) is -0.0497. The molecule has 2 N–H and O–H groups in total. The van der Waals surface area contributed by atoms with Gasteiger partial charge in [-0.1, -0.05) is 6.07 Å². The van der Waals surface area contributed by atoms with E-state index in [0.717, 1.165) is 24.1 Å². The van der Waals surface area contributed by atoms with E-state index in [1.54, 1.807) is 0 Å². The summed E-state index contributed by atoms with van der Waals surface area (Å²) >= 11 is 0. The Morgan fingerprint density at radius 1 is 1.29 bits per heavy atom. The first-order valence-corrected chi connectivity index (χ1v) is 5.99. The van der Waals surface area contributed by atoms with Crippen molar-refractivity contribution in [2.45, 2.75) is 33.6 Å². The van der Waals surface area contributed by atoms with Crippen molar-refractivity contribution in [3.8, 4) is 0 Å². The fraction of sp³-hybridized carbons (Fsp3) is 0.500. The minimum absolute atomic E-state index is 0.0497. The Hall–Kier alpha value is -1.35. The average Bonchev–Trinajstić information content (AvgIpc) is 3.11. The van der Waals surface area contributed by atoms with Crippen LogP contribution in [-0.2, 0) is 4.79 Å². The molecule has 1 aromatic carbocycles. The molecule has 0 bridgehead atoms. The molecule has 0 radical (unpaired) electrons. The third-order valence-electron chi connectivity index (χ3n) is 3.94. The molecular formula is C14H19NO2. The Kier molecular flexibility index (Phi) is 2.96. The Morgan fingerprint density at radius 3 is 2.47 bits per heavy atom. The van der Waals surface area contributed by atoms with E-state index in [9.17, 15) is 9.90 Å². The standard InChI is InChI=1S/C14H19NO2/c1-9-4-5-12(11(3)10(9)2)15-13(17)14(8-16)6-7-14/h4-5,16H,6-8H2,1-3H3,(H,15,17). The molecule has 0 saturated heterocycles. The van der Waals surface area contributed by atoms with Crippen LogP contribution >= 0.6 is 0 Å². The molecule has 0 heterocycles. The van der Waals surface area contributed by atoms with Crippen molar-refractivity contribution in [1.82, 2.24) is 0 Å². The molecule has 3 heteroatoms. The average molecular weight is 233 g/mol. The molecule has 1 aliphatic rings. The van der Waals surface area contributed by atoms with Gasteiger partial charge in [0.05, 0.1) is 12.0 Å². The highest BCUT2D eigenvalue weighted by Gasteiger charge is 2.49. The maximum atomic E-state index is 12.0. The van der Waals surface area contributed by atoms with Crippen molar-refractivity contribution in [1.29, 1.82) is 0 Å². The van der Waals surface area contributed by atoms with Crippen molar-refractivity contribution in [2.24, 2.45) is 5.41 Å². The lowest BCUT2D eigenvalue weighted by Crippen LogP contribution is -2.27. The molecule has 0 aromatic heterocycles. The number of carbonyl (C=O) groups is 1. The number of aryl methyl sites for hydroxylation is 1. The highest BCUT2D eigenvalue weighted by molar-refractivity contribution is 5.98. The summed E-state index contributed by atoms with van der Waals surface area (Å²) in [5.41, 5.74) is 3.89. The van der Waals surface area contributed by atoms with Crippen LogP contribution < -0.4 is 5.32 Å². The number of hydrogen-bond acceptors (Lipinski definition) is 2. The molecule has 92 valence electrons. The van der Waals surface area contributed by atoms with Crippen LogP contribution in [0.4, 0.5) is 5.69 Å². The molecule has 0 atom stereocenters. The number of hydrogen-bond donors (Lipinski definition) is 2. The summed E-state index contributed by atoms with van der Waals surface area (Å²) in [6.07, 6.45) is 1.58. The molecule has 17 heavy (non-hydrogen) atoms. The van der Waals surface area contributed by atoms with Gasteiger partial charge < -0.3 is 10.4 Å². The third-order valence-corrected chi connectivity index (χ3v) is 3.94.